The van der Waals surface area contributed by atoms with Crippen LogP contribution in [0.1, 0.15) is 16.7 Å². The number of nitrogens with one attached hydrogen (secondary N) is 3. The van der Waals surface area contributed by atoms with Crippen LogP contribution in [0.3, 0.4) is 0 Å². The Bertz CT molecular complexity index is 1620. The quantitative estimate of drug-likeness (QED) is 0.171. The van der Waals surface area contributed by atoms with Gasteiger partial charge < -0.3 is 25.8 Å². The number of nitro benzene ring substituents is 1. The molecule has 5 rings (SSSR count). The summed E-state index contributed by atoms with van der Waals surface area (Å²) in [5.74, 6) is -1.74. The number of methoxy groups -OCH3 is 1. The van der Waals surface area contributed by atoms with E-state index in [1.54, 1.807) is 30.3 Å². The number of anilines is 3. The summed E-state index contributed by atoms with van der Waals surface area (Å²) in [4.78, 5) is 23.3. The molecule has 0 spiro atoms. The molecule has 0 fully saturated rings. The lowest BCUT2D eigenvalue weighted by Crippen LogP contribution is -2.25. The van der Waals surface area contributed by atoms with Crippen molar-refractivity contribution < 1.29 is 28.3 Å². The second-order valence-corrected chi connectivity index (χ2v) is 9.18. The molecule has 0 atom stereocenters. The van der Waals surface area contributed by atoms with Crippen LogP contribution in [-0.4, -0.2) is 23.0 Å². The molecule has 1 heterocycles. The van der Waals surface area contributed by atoms with E-state index >= 15 is 0 Å². The van der Waals surface area contributed by atoms with Crippen LogP contribution in [0, 0.1) is 21.7 Å². The molecule has 40 heavy (non-hydrogen) atoms. The number of hydrogen-bond donors (Lipinski definition) is 4. The highest BCUT2D eigenvalue weighted by molar-refractivity contribution is 5.85. The van der Waals surface area contributed by atoms with Gasteiger partial charge in [0.25, 0.3) is 0 Å². The van der Waals surface area contributed by atoms with Crippen molar-refractivity contribution in [1.82, 2.24) is 5.32 Å². The summed E-state index contributed by atoms with van der Waals surface area (Å²) >= 11 is 0. The summed E-state index contributed by atoms with van der Waals surface area (Å²) in [6.07, 6.45) is -0.0221. The van der Waals surface area contributed by atoms with Gasteiger partial charge in [-0.2, -0.15) is 0 Å². The zero-order valence-corrected chi connectivity index (χ0v) is 21.3. The molecular weight excluding hydrogens is 522 g/mol. The number of nitro groups is 1. The maximum absolute atomic E-state index is 13.9. The molecule has 0 saturated carbocycles. The minimum Gasteiger partial charge on any atom is -0.507 e. The monoisotopic (exact) mass is 546 g/mol. The van der Waals surface area contributed by atoms with Gasteiger partial charge in [-0.05, 0) is 65.2 Å². The Morgan fingerprint density at radius 1 is 1.02 bits per heavy atom. The molecule has 4 aromatic rings. The fourth-order valence-corrected chi connectivity index (χ4v) is 4.55. The minimum absolute atomic E-state index is 0.0221. The summed E-state index contributed by atoms with van der Waals surface area (Å²) < 4.78 is 32.9. The van der Waals surface area contributed by atoms with Gasteiger partial charge >= 0.3 is 5.69 Å². The summed E-state index contributed by atoms with van der Waals surface area (Å²) in [5, 5.41) is 31.2. The summed E-state index contributed by atoms with van der Waals surface area (Å²) in [7, 11) is 1.35. The SMILES string of the molecule is COc1cc(-c2cc(O)c3c(c2)Nc2cc(CC(=O)NCc4c(F)cccc4F)ccc2NC3)ccc1[N+](=O)[O-]. The Kier molecular flexibility index (Phi) is 7.19. The van der Waals surface area contributed by atoms with E-state index in [9.17, 15) is 28.8 Å². The highest BCUT2D eigenvalue weighted by atomic mass is 19.1. The molecule has 204 valence electrons. The molecule has 0 bridgehead atoms. The Hall–Kier alpha value is -5.19. The van der Waals surface area contributed by atoms with Crippen molar-refractivity contribution in [2.45, 2.75) is 19.5 Å². The average molecular weight is 547 g/mol. The lowest BCUT2D eigenvalue weighted by Gasteiger charge is -2.14. The number of nitrogens with zero attached hydrogens (tertiary/aromatic N) is 1. The molecule has 9 nitrogen and oxygen atoms in total. The number of benzene rings is 4. The number of ether oxygens (including phenoxy) is 1. The second-order valence-electron chi connectivity index (χ2n) is 9.18. The van der Waals surface area contributed by atoms with Crippen LogP contribution in [0.2, 0.25) is 0 Å². The zero-order valence-electron chi connectivity index (χ0n) is 21.3. The van der Waals surface area contributed by atoms with Gasteiger partial charge in [-0.25, -0.2) is 8.78 Å². The molecule has 4 N–H and O–H groups in total. The summed E-state index contributed by atoms with van der Waals surface area (Å²) in [6, 6.07) is 16.7. The Labute approximate surface area is 227 Å². The number of amides is 1. The van der Waals surface area contributed by atoms with E-state index in [1.165, 1.54) is 25.3 Å². The van der Waals surface area contributed by atoms with Gasteiger partial charge in [0, 0.05) is 36.0 Å². The zero-order chi connectivity index (χ0) is 28.4. The fraction of sp³-hybridized carbons (Fsp3) is 0.138. The van der Waals surface area contributed by atoms with Crippen LogP contribution in [0.4, 0.5) is 31.5 Å². The van der Waals surface area contributed by atoms with Crippen molar-refractivity contribution in [1.29, 1.82) is 0 Å². The van der Waals surface area contributed by atoms with Gasteiger partial charge in [-0.15, -0.1) is 0 Å². The first-order chi connectivity index (χ1) is 19.2. The predicted molar refractivity (Wildman–Crippen MR) is 146 cm³/mol. The molecule has 1 amide bonds. The Morgan fingerprint density at radius 2 is 1.80 bits per heavy atom. The molecular formula is C29H24F2N4O5. The molecule has 0 radical (unpaired) electrons. The van der Waals surface area contributed by atoms with Crippen LogP contribution in [0.5, 0.6) is 11.5 Å². The number of fused-ring (bicyclic) bond motifs is 2. The lowest BCUT2D eigenvalue weighted by atomic mass is 10.0. The van der Waals surface area contributed by atoms with E-state index < -0.39 is 22.5 Å². The smallest absolute Gasteiger partial charge is 0.310 e. The molecule has 0 aromatic heterocycles. The Morgan fingerprint density at radius 3 is 2.52 bits per heavy atom. The van der Waals surface area contributed by atoms with E-state index in [4.69, 9.17) is 4.74 Å². The number of carbonyl (C=O) groups excluding carboxylic acids is 1. The maximum Gasteiger partial charge on any atom is 0.310 e. The molecule has 1 aliphatic rings. The molecule has 11 heteroatoms. The highest BCUT2D eigenvalue weighted by Gasteiger charge is 2.20. The second kappa shape index (κ2) is 10.9. The van der Waals surface area contributed by atoms with E-state index in [-0.39, 0.29) is 35.7 Å². The van der Waals surface area contributed by atoms with Gasteiger partial charge in [0.15, 0.2) is 5.75 Å². The summed E-state index contributed by atoms with van der Waals surface area (Å²) in [5.41, 5.74) is 4.11. The normalized spacial score (nSPS) is 11.8. The standard InChI is InChI=1S/C29H24F2N4O5/c1-40-28-13-17(6-8-26(28)35(38)39)18-11-24-20(27(36)12-18)15-32-23-7-5-16(9-25(23)34-24)10-29(37)33-14-19-21(30)3-2-4-22(19)31/h2-9,11-13,32,34,36H,10,14-15H2,1H3,(H,33,37). The number of aromatic hydroxyl groups is 1. The van der Waals surface area contributed by atoms with E-state index in [0.29, 0.717) is 40.2 Å². The van der Waals surface area contributed by atoms with Crippen molar-refractivity contribution in [2.24, 2.45) is 0 Å². The number of halogens is 2. The van der Waals surface area contributed by atoms with Crippen LogP contribution >= 0.6 is 0 Å². The van der Waals surface area contributed by atoms with Crippen molar-refractivity contribution in [2.75, 3.05) is 17.7 Å². The number of hydrogen-bond acceptors (Lipinski definition) is 7. The van der Waals surface area contributed by atoms with Gasteiger partial charge in [0.2, 0.25) is 5.91 Å². The predicted octanol–water partition coefficient (Wildman–Crippen LogP) is 5.78. The maximum atomic E-state index is 13.9. The third kappa shape index (κ3) is 5.35. The molecule has 0 saturated heterocycles. The number of carbonyl (C=O) groups is 1. The number of phenols is 1. The lowest BCUT2D eigenvalue weighted by molar-refractivity contribution is -0.385. The average Bonchev–Trinajstić information content (AvgIpc) is 3.11. The first kappa shape index (κ1) is 26.4. The first-order valence-electron chi connectivity index (χ1n) is 12.3. The van der Waals surface area contributed by atoms with Crippen molar-refractivity contribution >= 4 is 28.7 Å². The third-order valence-corrected chi connectivity index (χ3v) is 6.63. The van der Waals surface area contributed by atoms with Crippen LogP contribution in [0.15, 0.2) is 66.7 Å². The largest absolute Gasteiger partial charge is 0.507 e. The summed E-state index contributed by atoms with van der Waals surface area (Å²) in [6.45, 7) is 0.0456. The van der Waals surface area contributed by atoms with Gasteiger partial charge in [-0.3, -0.25) is 14.9 Å². The first-order valence-corrected chi connectivity index (χ1v) is 12.3. The van der Waals surface area contributed by atoms with Crippen LogP contribution in [0.25, 0.3) is 11.1 Å². The van der Waals surface area contributed by atoms with E-state index in [2.05, 4.69) is 16.0 Å². The third-order valence-electron chi connectivity index (χ3n) is 6.63. The topological polar surface area (TPSA) is 126 Å². The van der Waals surface area contributed by atoms with Crippen LogP contribution in [-0.2, 0) is 24.3 Å². The molecule has 0 unspecified atom stereocenters. The minimum atomic E-state index is -0.728. The van der Waals surface area contributed by atoms with Crippen molar-refractivity contribution in [3.8, 4) is 22.6 Å². The highest BCUT2D eigenvalue weighted by Crippen LogP contribution is 2.41. The Balaban J connectivity index is 1.37. The fourth-order valence-electron chi connectivity index (χ4n) is 4.55. The van der Waals surface area contributed by atoms with Crippen LogP contribution < -0.4 is 20.7 Å². The number of rotatable bonds is 7. The van der Waals surface area contributed by atoms with E-state index in [0.717, 1.165) is 17.8 Å². The van der Waals surface area contributed by atoms with Crippen molar-refractivity contribution in [3.05, 3.63) is 105 Å². The van der Waals surface area contributed by atoms with Gasteiger partial charge in [0.05, 0.1) is 29.8 Å². The molecule has 0 aliphatic carbocycles. The molecule has 1 aliphatic heterocycles. The molecule has 4 aromatic carbocycles. The van der Waals surface area contributed by atoms with Gasteiger partial charge in [-0.1, -0.05) is 12.1 Å². The van der Waals surface area contributed by atoms with Gasteiger partial charge in [0.1, 0.15) is 17.4 Å². The van der Waals surface area contributed by atoms with Crippen molar-refractivity contribution in [3.63, 3.8) is 0 Å². The van der Waals surface area contributed by atoms with E-state index in [1.807, 2.05) is 6.07 Å². The number of phenolic OH excluding ortho intramolecular Hbond substituents is 1.